The molecule has 1 heterocycles. The average molecular weight is 989 g/mol. The van der Waals surface area contributed by atoms with Crippen LogP contribution in [0.4, 0.5) is 0 Å². The molecule has 0 aromatic rings. The van der Waals surface area contributed by atoms with Crippen LogP contribution in [0.15, 0.2) is 48.6 Å². The van der Waals surface area contributed by atoms with Crippen molar-refractivity contribution in [3.8, 4) is 0 Å². The van der Waals surface area contributed by atoms with Crippen LogP contribution in [0.5, 0.6) is 0 Å². The Labute approximate surface area is 431 Å². The van der Waals surface area contributed by atoms with Gasteiger partial charge < -0.3 is 40.3 Å². The lowest BCUT2D eigenvalue weighted by Gasteiger charge is -2.40. The Bertz CT molecular complexity index is 1240. The molecule has 1 saturated heterocycles. The summed E-state index contributed by atoms with van der Waals surface area (Å²) in [4.78, 5) is 13.1. The molecular formula is C61H113NO8. The van der Waals surface area contributed by atoms with Crippen molar-refractivity contribution in [2.75, 3.05) is 13.2 Å². The van der Waals surface area contributed by atoms with Crippen molar-refractivity contribution in [2.45, 2.75) is 320 Å². The molecule has 0 bridgehead atoms. The molecule has 1 rings (SSSR count). The Morgan fingerprint density at radius 1 is 0.486 bits per heavy atom. The molecule has 7 atom stereocenters. The Balaban J connectivity index is 2.25. The highest BCUT2D eigenvalue weighted by molar-refractivity contribution is 5.76. The van der Waals surface area contributed by atoms with Gasteiger partial charge in [0.05, 0.1) is 25.4 Å². The highest BCUT2D eigenvalue weighted by Gasteiger charge is 2.44. The van der Waals surface area contributed by atoms with Crippen molar-refractivity contribution >= 4 is 5.91 Å². The number of nitrogens with one attached hydrogen (secondary N) is 1. The van der Waals surface area contributed by atoms with E-state index in [0.717, 1.165) is 57.8 Å². The van der Waals surface area contributed by atoms with E-state index < -0.39 is 49.5 Å². The van der Waals surface area contributed by atoms with Gasteiger partial charge in [0.25, 0.3) is 0 Å². The molecule has 0 aliphatic carbocycles. The Hall–Kier alpha value is -1.85. The van der Waals surface area contributed by atoms with Crippen LogP contribution in [0.3, 0.4) is 0 Å². The lowest BCUT2D eigenvalue weighted by Crippen LogP contribution is -2.60. The molecule has 1 amide bonds. The first kappa shape index (κ1) is 66.2. The van der Waals surface area contributed by atoms with Crippen molar-refractivity contribution in [2.24, 2.45) is 0 Å². The quantitative estimate of drug-likeness (QED) is 0.0261. The minimum Gasteiger partial charge on any atom is -0.394 e. The summed E-state index contributed by atoms with van der Waals surface area (Å²) in [7, 11) is 0. The van der Waals surface area contributed by atoms with Crippen LogP contribution in [0, 0.1) is 0 Å². The predicted molar refractivity (Wildman–Crippen MR) is 295 cm³/mol. The summed E-state index contributed by atoms with van der Waals surface area (Å²) < 4.78 is 11.3. The fourth-order valence-electron chi connectivity index (χ4n) is 9.38. The fraction of sp³-hybridized carbons (Fsp3) is 0.852. The molecule has 0 spiro atoms. The van der Waals surface area contributed by atoms with E-state index >= 15 is 0 Å². The lowest BCUT2D eigenvalue weighted by atomic mass is 9.99. The number of ether oxygens (including phenoxy) is 2. The van der Waals surface area contributed by atoms with Gasteiger partial charge in [0.2, 0.25) is 5.91 Å². The second-order valence-corrected chi connectivity index (χ2v) is 20.8. The average Bonchev–Trinajstić information content (AvgIpc) is 3.36. The van der Waals surface area contributed by atoms with E-state index in [2.05, 4.69) is 55.6 Å². The van der Waals surface area contributed by atoms with E-state index in [0.29, 0.717) is 6.42 Å². The summed E-state index contributed by atoms with van der Waals surface area (Å²) in [6, 6.07) is -0.828. The number of allylic oxidation sites excluding steroid dienone is 7. The minimum atomic E-state index is -1.58. The number of carbonyl (C=O) groups excluding carboxylic acids is 1. The predicted octanol–water partition coefficient (Wildman–Crippen LogP) is 14.9. The van der Waals surface area contributed by atoms with Crippen LogP contribution in [0.2, 0.25) is 0 Å². The molecule has 1 aliphatic rings. The zero-order valence-corrected chi connectivity index (χ0v) is 45.5. The summed E-state index contributed by atoms with van der Waals surface area (Å²) in [5.41, 5.74) is 0. The monoisotopic (exact) mass is 988 g/mol. The van der Waals surface area contributed by atoms with Crippen LogP contribution in [-0.4, -0.2) is 87.5 Å². The van der Waals surface area contributed by atoms with Crippen molar-refractivity contribution in [3.05, 3.63) is 48.6 Å². The number of carbonyl (C=O) groups is 1. The van der Waals surface area contributed by atoms with Crippen LogP contribution < -0.4 is 5.32 Å². The first-order valence-electron chi connectivity index (χ1n) is 29.9. The van der Waals surface area contributed by atoms with Gasteiger partial charge in [0.1, 0.15) is 24.4 Å². The number of aliphatic hydroxyl groups is 5. The summed E-state index contributed by atoms with van der Waals surface area (Å²) in [5.74, 6) is -0.192. The number of hydrogen-bond donors (Lipinski definition) is 6. The molecule has 0 aromatic carbocycles. The molecule has 6 N–H and O–H groups in total. The standard InChI is InChI=1S/C61H113NO8/c1-3-5-7-9-11-13-15-17-19-21-23-25-27-29-30-32-34-36-38-40-42-44-46-48-50-55(64)54(53-69-61-60(68)59(67)58(66)56(52-63)70-61)62-57(65)51-49-47-45-43-41-39-37-35-33-31-28-26-24-22-20-18-16-14-12-10-8-6-4-2/h24,26,31,33,40,42,48,50,54-56,58-61,63-64,66-68H,3-23,25,27-30,32,34-39,41,43-47,49,51-53H2,1-2H3,(H,62,65)/b26-24-,33-31-,42-40+,50-48+. The van der Waals surface area contributed by atoms with E-state index in [4.69, 9.17) is 9.47 Å². The summed E-state index contributed by atoms with van der Waals surface area (Å²) in [5, 5.41) is 54.5. The van der Waals surface area contributed by atoms with Crippen LogP contribution in [-0.2, 0) is 14.3 Å². The first-order chi connectivity index (χ1) is 34.3. The number of unbranched alkanes of at least 4 members (excludes halogenated alkanes) is 35. The Morgan fingerprint density at radius 2 is 0.857 bits per heavy atom. The molecule has 0 aromatic heterocycles. The summed E-state index contributed by atoms with van der Waals surface area (Å²) >= 11 is 0. The van der Waals surface area contributed by atoms with Gasteiger partial charge in [-0.1, -0.05) is 255 Å². The van der Waals surface area contributed by atoms with Gasteiger partial charge in [0, 0.05) is 6.42 Å². The minimum absolute atomic E-state index is 0.192. The highest BCUT2D eigenvalue weighted by atomic mass is 16.7. The normalized spacial score (nSPS) is 19.7. The molecule has 9 nitrogen and oxygen atoms in total. The van der Waals surface area contributed by atoms with Gasteiger partial charge in [-0.3, -0.25) is 4.79 Å². The van der Waals surface area contributed by atoms with Crippen LogP contribution in [0.1, 0.15) is 277 Å². The third-order valence-corrected chi connectivity index (χ3v) is 14.1. The maximum absolute atomic E-state index is 13.1. The molecule has 9 heteroatoms. The van der Waals surface area contributed by atoms with E-state index in [1.807, 2.05) is 6.08 Å². The third kappa shape index (κ3) is 39.7. The SMILES string of the molecule is CCCCCCCCCCC/C=C\C/C=C\CCCCCCCCCC(=O)NC(COC1OC(CO)C(O)C(O)C1O)C(O)/C=C/CC/C=C/CCCCCCCCCCCCCCCCCCCC. The topological polar surface area (TPSA) is 149 Å². The molecule has 1 fully saturated rings. The Morgan fingerprint density at radius 3 is 1.29 bits per heavy atom. The molecular weight excluding hydrogens is 875 g/mol. The van der Waals surface area contributed by atoms with Gasteiger partial charge >= 0.3 is 0 Å². The second kappa shape index (κ2) is 50.7. The number of aliphatic hydroxyl groups excluding tert-OH is 5. The Kier molecular flexibility index (Phi) is 47.9. The summed E-state index contributed by atoms with van der Waals surface area (Å²) in [6.45, 7) is 3.79. The van der Waals surface area contributed by atoms with Crippen molar-refractivity contribution in [3.63, 3.8) is 0 Å². The van der Waals surface area contributed by atoms with Crippen LogP contribution in [0.25, 0.3) is 0 Å². The van der Waals surface area contributed by atoms with Gasteiger partial charge in [-0.2, -0.15) is 0 Å². The van der Waals surface area contributed by atoms with E-state index in [9.17, 15) is 30.3 Å². The summed E-state index contributed by atoms with van der Waals surface area (Å²) in [6.07, 6.45) is 60.4. The molecule has 1 aliphatic heterocycles. The number of amides is 1. The van der Waals surface area contributed by atoms with Crippen molar-refractivity contribution in [1.82, 2.24) is 5.32 Å². The van der Waals surface area contributed by atoms with Gasteiger partial charge in [-0.25, -0.2) is 0 Å². The molecule has 0 saturated carbocycles. The fourth-order valence-corrected chi connectivity index (χ4v) is 9.38. The molecule has 7 unspecified atom stereocenters. The molecule has 410 valence electrons. The highest BCUT2D eigenvalue weighted by Crippen LogP contribution is 2.23. The van der Waals surface area contributed by atoms with Gasteiger partial charge in [-0.05, 0) is 64.2 Å². The molecule has 0 radical (unpaired) electrons. The van der Waals surface area contributed by atoms with Crippen molar-refractivity contribution in [1.29, 1.82) is 0 Å². The largest absolute Gasteiger partial charge is 0.394 e. The number of hydrogen-bond acceptors (Lipinski definition) is 8. The zero-order chi connectivity index (χ0) is 50.8. The second-order valence-electron chi connectivity index (χ2n) is 20.8. The molecule has 70 heavy (non-hydrogen) atoms. The smallest absolute Gasteiger partial charge is 0.220 e. The van der Waals surface area contributed by atoms with Crippen molar-refractivity contribution < 1.29 is 39.8 Å². The first-order valence-corrected chi connectivity index (χ1v) is 29.9. The third-order valence-electron chi connectivity index (χ3n) is 14.1. The maximum Gasteiger partial charge on any atom is 0.220 e. The zero-order valence-electron chi connectivity index (χ0n) is 45.5. The maximum atomic E-state index is 13.1. The lowest BCUT2D eigenvalue weighted by molar-refractivity contribution is -0.302. The van der Waals surface area contributed by atoms with E-state index in [-0.39, 0.29) is 12.5 Å². The van der Waals surface area contributed by atoms with Crippen LogP contribution >= 0.6 is 0 Å². The van der Waals surface area contributed by atoms with Gasteiger partial charge in [0.15, 0.2) is 6.29 Å². The van der Waals surface area contributed by atoms with E-state index in [1.165, 1.54) is 199 Å². The number of rotatable bonds is 51. The van der Waals surface area contributed by atoms with Gasteiger partial charge in [-0.15, -0.1) is 0 Å². The van der Waals surface area contributed by atoms with E-state index in [1.54, 1.807) is 6.08 Å².